The smallest absolute Gasteiger partial charge is 0.267 e. The molecule has 1 amide bonds. The van der Waals surface area contributed by atoms with Crippen LogP contribution in [0.4, 0.5) is 0 Å². The van der Waals surface area contributed by atoms with E-state index in [0.29, 0.717) is 18.5 Å². The number of aromatic nitrogens is 1. The Morgan fingerprint density at radius 2 is 2.04 bits per heavy atom. The third-order valence-corrected chi connectivity index (χ3v) is 4.77. The van der Waals surface area contributed by atoms with E-state index in [1.54, 1.807) is 0 Å². The predicted molar refractivity (Wildman–Crippen MR) is 88.8 cm³/mol. The number of hydrogen-bond acceptors (Lipinski definition) is 2. The summed E-state index contributed by atoms with van der Waals surface area (Å²) in [5.74, 6) is 1.45. The number of nitrogens with one attached hydrogen (secondary N) is 1. The number of carbonyl (C=O) groups is 1. The first kappa shape index (κ1) is 14.4. The van der Waals surface area contributed by atoms with Crippen LogP contribution < -0.4 is 10.1 Å². The first-order valence-corrected chi connectivity index (χ1v) is 8.47. The number of para-hydroxylation sites is 1. The first-order chi connectivity index (χ1) is 11.3. The van der Waals surface area contributed by atoms with Crippen LogP contribution >= 0.6 is 0 Å². The van der Waals surface area contributed by atoms with Crippen molar-refractivity contribution in [3.05, 3.63) is 53.9 Å². The summed E-state index contributed by atoms with van der Waals surface area (Å²) < 4.78 is 7.91. The minimum atomic E-state index is 0.0420. The molecule has 1 N–H and O–H groups in total. The maximum absolute atomic E-state index is 12.5. The fourth-order valence-electron chi connectivity index (χ4n) is 3.32. The molecule has 0 bridgehead atoms. The van der Waals surface area contributed by atoms with Gasteiger partial charge in [0.15, 0.2) is 0 Å². The Labute approximate surface area is 136 Å². The summed E-state index contributed by atoms with van der Waals surface area (Å²) in [6.07, 6.45) is 6.32. The maximum atomic E-state index is 12.5. The monoisotopic (exact) mass is 310 g/mol. The first-order valence-electron chi connectivity index (χ1n) is 8.47. The van der Waals surface area contributed by atoms with Gasteiger partial charge in [0.25, 0.3) is 5.91 Å². The Kier molecular flexibility index (Phi) is 3.82. The molecular formula is C19H22N2O2. The van der Waals surface area contributed by atoms with Crippen LogP contribution in [-0.4, -0.2) is 23.6 Å². The Bertz CT molecular complexity index is 703. The highest BCUT2D eigenvalue weighted by molar-refractivity contribution is 5.92. The second-order valence-electron chi connectivity index (χ2n) is 6.56. The van der Waals surface area contributed by atoms with Gasteiger partial charge in [-0.1, -0.05) is 18.2 Å². The molecule has 1 unspecified atom stereocenters. The molecule has 1 aromatic carbocycles. The van der Waals surface area contributed by atoms with Gasteiger partial charge < -0.3 is 14.6 Å². The highest BCUT2D eigenvalue weighted by atomic mass is 16.5. The van der Waals surface area contributed by atoms with Gasteiger partial charge in [-0.2, -0.15) is 0 Å². The third kappa shape index (κ3) is 3.11. The minimum Gasteiger partial charge on any atom is -0.493 e. The zero-order valence-electron chi connectivity index (χ0n) is 13.2. The van der Waals surface area contributed by atoms with Crippen LogP contribution in [0.2, 0.25) is 0 Å². The van der Waals surface area contributed by atoms with Gasteiger partial charge in [-0.15, -0.1) is 0 Å². The van der Waals surface area contributed by atoms with Gasteiger partial charge in [-0.3, -0.25) is 4.79 Å². The maximum Gasteiger partial charge on any atom is 0.267 e. The van der Waals surface area contributed by atoms with E-state index in [2.05, 4.69) is 16.0 Å². The molecule has 1 fully saturated rings. The minimum absolute atomic E-state index is 0.0420. The molecule has 0 spiro atoms. The van der Waals surface area contributed by atoms with Crippen LogP contribution in [0.15, 0.2) is 42.6 Å². The van der Waals surface area contributed by atoms with Crippen LogP contribution in [-0.2, 0) is 6.42 Å². The second-order valence-corrected chi connectivity index (χ2v) is 6.56. The molecule has 2 aromatic rings. The van der Waals surface area contributed by atoms with E-state index in [9.17, 15) is 4.79 Å². The lowest BCUT2D eigenvalue weighted by Gasteiger charge is -2.15. The molecule has 0 saturated heterocycles. The van der Waals surface area contributed by atoms with Crippen molar-refractivity contribution in [3.63, 3.8) is 0 Å². The molecule has 2 aliphatic rings. The third-order valence-electron chi connectivity index (χ3n) is 4.77. The average Bonchev–Trinajstić information content (AvgIpc) is 3.34. The normalized spacial score (nSPS) is 20.3. The van der Waals surface area contributed by atoms with Crippen molar-refractivity contribution >= 4 is 5.91 Å². The lowest BCUT2D eigenvalue weighted by molar-refractivity contribution is 0.0936. The molecule has 1 aliphatic heterocycles. The quantitative estimate of drug-likeness (QED) is 0.942. The summed E-state index contributed by atoms with van der Waals surface area (Å²) in [5, 5.41) is 3.12. The number of fused-ring (bicyclic) bond motifs is 1. The average molecular weight is 310 g/mol. The van der Waals surface area contributed by atoms with Gasteiger partial charge in [-0.05, 0) is 55.4 Å². The van der Waals surface area contributed by atoms with E-state index < -0.39 is 0 Å². The lowest BCUT2D eigenvalue weighted by atomic mass is 9.97. The Morgan fingerprint density at radius 1 is 1.17 bits per heavy atom. The van der Waals surface area contributed by atoms with Crippen LogP contribution in [0, 0.1) is 5.92 Å². The molecule has 1 aromatic heterocycles. The molecule has 4 heteroatoms. The molecule has 4 nitrogen and oxygen atoms in total. The molecule has 1 atom stereocenters. The second kappa shape index (κ2) is 6.11. The summed E-state index contributed by atoms with van der Waals surface area (Å²) in [5.41, 5.74) is 2.03. The molecule has 23 heavy (non-hydrogen) atoms. The van der Waals surface area contributed by atoms with Crippen molar-refractivity contribution in [2.45, 2.75) is 31.7 Å². The number of carbonyl (C=O) groups excluding carboxylic acids is 1. The summed E-state index contributed by atoms with van der Waals surface area (Å²) >= 11 is 0. The van der Waals surface area contributed by atoms with Gasteiger partial charge in [0.05, 0.1) is 6.61 Å². The van der Waals surface area contributed by atoms with Gasteiger partial charge >= 0.3 is 0 Å². The van der Waals surface area contributed by atoms with E-state index in [1.165, 1.54) is 18.4 Å². The van der Waals surface area contributed by atoms with Gasteiger partial charge in [-0.25, -0.2) is 0 Å². The fourth-order valence-corrected chi connectivity index (χ4v) is 3.32. The van der Waals surface area contributed by atoms with E-state index >= 15 is 0 Å². The molecule has 1 saturated carbocycles. The van der Waals surface area contributed by atoms with Crippen molar-refractivity contribution in [2.75, 3.05) is 13.2 Å². The largest absolute Gasteiger partial charge is 0.493 e. The number of benzene rings is 1. The van der Waals surface area contributed by atoms with Gasteiger partial charge in [0.2, 0.25) is 0 Å². The van der Waals surface area contributed by atoms with Crippen LogP contribution in [0.5, 0.6) is 5.75 Å². The Balaban J connectivity index is 1.39. The molecular weight excluding hydrogens is 288 g/mol. The van der Waals surface area contributed by atoms with E-state index in [0.717, 1.165) is 30.9 Å². The summed E-state index contributed by atoms with van der Waals surface area (Å²) in [6, 6.07) is 12.6. The molecule has 120 valence electrons. The van der Waals surface area contributed by atoms with Crippen LogP contribution in [0.3, 0.4) is 0 Å². The van der Waals surface area contributed by atoms with E-state index in [-0.39, 0.29) is 5.91 Å². The topological polar surface area (TPSA) is 43.3 Å². The van der Waals surface area contributed by atoms with Crippen LogP contribution in [0.25, 0.3) is 0 Å². The molecule has 2 heterocycles. The fraction of sp³-hybridized carbons (Fsp3) is 0.421. The van der Waals surface area contributed by atoms with Crippen molar-refractivity contribution in [1.29, 1.82) is 0 Å². The zero-order valence-corrected chi connectivity index (χ0v) is 13.2. The van der Waals surface area contributed by atoms with Crippen molar-refractivity contribution in [2.24, 2.45) is 5.92 Å². The highest BCUT2D eigenvalue weighted by Gasteiger charge is 2.27. The Morgan fingerprint density at radius 3 is 2.91 bits per heavy atom. The predicted octanol–water partition coefficient (Wildman–Crippen LogP) is 3.19. The summed E-state index contributed by atoms with van der Waals surface area (Å²) in [4.78, 5) is 12.5. The number of nitrogens with zero attached hydrogens (tertiary/aromatic N) is 1. The zero-order chi connectivity index (χ0) is 15.6. The number of amides is 1. The number of hydrogen-bond donors (Lipinski definition) is 1. The molecule has 4 rings (SSSR count). The number of ether oxygens (including phenoxy) is 1. The summed E-state index contributed by atoms with van der Waals surface area (Å²) in [6.45, 7) is 1.42. The SMILES string of the molecule is O=C(NCC1CCOc2ccccc2C1)c1cccn1C1CC1. The van der Waals surface area contributed by atoms with E-state index in [4.69, 9.17) is 4.74 Å². The lowest BCUT2D eigenvalue weighted by Crippen LogP contribution is -2.31. The van der Waals surface area contributed by atoms with Crippen LogP contribution in [0.1, 0.15) is 41.4 Å². The molecule has 1 aliphatic carbocycles. The van der Waals surface area contributed by atoms with E-state index in [1.807, 2.05) is 36.5 Å². The van der Waals surface area contributed by atoms with Crippen molar-refractivity contribution in [1.82, 2.24) is 9.88 Å². The number of rotatable bonds is 4. The summed E-state index contributed by atoms with van der Waals surface area (Å²) in [7, 11) is 0. The molecule has 0 radical (unpaired) electrons. The van der Waals surface area contributed by atoms with Crippen molar-refractivity contribution < 1.29 is 9.53 Å². The highest BCUT2D eigenvalue weighted by Crippen LogP contribution is 2.36. The van der Waals surface area contributed by atoms with Gasteiger partial charge in [0, 0.05) is 18.8 Å². The van der Waals surface area contributed by atoms with Crippen molar-refractivity contribution in [3.8, 4) is 5.75 Å². The van der Waals surface area contributed by atoms with Gasteiger partial charge in [0.1, 0.15) is 11.4 Å². The Hall–Kier alpha value is -2.23. The standard InChI is InChI=1S/C19H22N2O2/c22-19(17-5-3-10-21(17)16-7-8-16)20-13-14-9-11-23-18-6-2-1-4-15(18)12-14/h1-6,10,14,16H,7-9,11-13H2,(H,20,22).